The lowest BCUT2D eigenvalue weighted by atomic mass is 10.1. The Balaban J connectivity index is 2.73. The van der Waals surface area contributed by atoms with Gasteiger partial charge in [-0.1, -0.05) is 5.57 Å². The summed E-state index contributed by atoms with van der Waals surface area (Å²) in [6, 6.07) is 1.99. The number of halogens is 2. The Morgan fingerprint density at radius 3 is 2.33 bits per heavy atom. The van der Waals surface area contributed by atoms with E-state index >= 15 is 0 Å². The summed E-state index contributed by atoms with van der Waals surface area (Å²) in [6.45, 7) is 5.38. The minimum Gasteiger partial charge on any atom is -0.467 e. The van der Waals surface area contributed by atoms with Crippen LogP contribution in [0.1, 0.15) is 18.9 Å². The lowest BCUT2D eigenvalue weighted by Gasteiger charge is -2.16. The van der Waals surface area contributed by atoms with E-state index in [4.69, 9.17) is 0 Å². The first kappa shape index (κ1) is 16.8. The third-order valence-corrected chi connectivity index (χ3v) is 2.66. The fourth-order valence-corrected chi connectivity index (χ4v) is 1.83. The maximum Gasteiger partial charge on any atom is 0.328 e. The Morgan fingerprint density at radius 2 is 1.86 bits per heavy atom. The van der Waals surface area contributed by atoms with Crippen LogP contribution in [0.25, 0.3) is 0 Å². The van der Waals surface area contributed by atoms with Crippen molar-refractivity contribution in [2.75, 3.05) is 7.11 Å². The van der Waals surface area contributed by atoms with Crippen LogP contribution >= 0.6 is 0 Å². The molecule has 0 saturated heterocycles. The van der Waals surface area contributed by atoms with Crippen molar-refractivity contribution in [3.05, 3.63) is 47.5 Å². The van der Waals surface area contributed by atoms with Crippen LogP contribution in [0.4, 0.5) is 8.78 Å². The minimum absolute atomic E-state index is 0.184. The van der Waals surface area contributed by atoms with Crippen molar-refractivity contribution in [1.82, 2.24) is 5.32 Å². The molecule has 1 atom stereocenters. The van der Waals surface area contributed by atoms with E-state index in [0.29, 0.717) is 5.57 Å². The number of esters is 1. The van der Waals surface area contributed by atoms with Crippen LogP contribution in [-0.2, 0) is 20.7 Å². The Bertz CT molecular complexity index is 538. The number of ether oxygens (including phenoxy) is 1. The van der Waals surface area contributed by atoms with Crippen molar-refractivity contribution in [2.24, 2.45) is 0 Å². The highest BCUT2D eigenvalue weighted by Gasteiger charge is 2.21. The molecule has 0 saturated carbocycles. The molecule has 6 heteroatoms. The molecule has 0 fully saturated rings. The highest BCUT2D eigenvalue weighted by Crippen LogP contribution is 2.09. The Hall–Kier alpha value is -2.24. The monoisotopic (exact) mass is 297 g/mol. The number of hydrogen-bond donors (Lipinski definition) is 1. The van der Waals surface area contributed by atoms with Crippen LogP contribution in [0.3, 0.4) is 0 Å². The van der Waals surface area contributed by atoms with Gasteiger partial charge in [-0.05, 0) is 31.0 Å². The van der Waals surface area contributed by atoms with Gasteiger partial charge in [-0.2, -0.15) is 0 Å². The summed E-state index contributed by atoms with van der Waals surface area (Å²) in [5.74, 6) is -2.65. The molecule has 0 bridgehead atoms. The van der Waals surface area contributed by atoms with Gasteiger partial charge >= 0.3 is 5.97 Å². The third-order valence-electron chi connectivity index (χ3n) is 2.66. The molecule has 114 valence electrons. The number of hydrogen-bond acceptors (Lipinski definition) is 3. The zero-order valence-electron chi connectivity index (χ0n) is 11.9. The van der Waals surface area contributed by atoms with E-state index in [1.807, 2.05) is 0 Å². The third kappa shape index (κ3) is 5.72. The average Bonchev–Trinajstić information content (AvgIpc) is 2.34. The maximum atomic E-state index is 13.0. The molecule has 1 aromatic carbocycles. The first-order chi connectivity index (χ1) is 9.81. The molecule has 1 aromatic rings. The van der Waals surface area contributed by atoms with Crippen LogP contribution in [0.15, 0.2) is 30.4 Å². The molecule has 0 spiro atoms. The minimum atomic E-state index is -0.863. The van der Waals surface area contributed by atoms with Crippen molar-refractivity contribution in [1.29, 1.82) is 0 Å². The van der Waals surface area contributed by atoms with Gasteiger partial charge < -0.3 is 10.1 Å². The van der Waals surface area contributed by atoms with E-state index < -0.39 is 29.6 Å². The molecule has 1 rings (SSSR count). The van der Waals surface area contributed by atoms with E-state index in [1.165, 1.54) is 7.11 Å². The number of carbonyl (C=O) groups is 2. The number of benzene rings is 1. The van der Waals surface area contributed by atoms with Crippen LogP contribution in [0.2, 0.25) is 0 Å². The van der Waals surface area contributed by atoms with Crippen molar-refractivity contribution in [3.63, 3.8) is 0 Å². The van der Waals surface area contributed by atoms with Gasteiger partial charge in [0.2, 0.25) is 5.91 Å². The quantitative estimate of drug-likeness (QED) is 0.646. The van der Waals surface area contributed by atoms with E-state index in [2.05, 4.69) is 16.6 Å². The van der Waals surface area contributed by atoms with Gasteiger partial charge in [0.15, 0.2) is 0 Å². The molecular formula is C15H17F2NO3. The van der Waals surface area contributed by atoms with E-state index in [-0.39, 0.29) is 18.4 Å². The molecule has 0 aromatic heterocycles. The van der Waals surface area contributed by atoms with Gasteiger partial charge in [0, 0.05) is 6.07 Å². The van der Waals surface area contributed by atoms with Crippen LogP contribution in [-0.4, -0.2) is 25.0 Å². The van der Waals surface area contributed by atoms with E-state index in [1.54, 1.807) is 6.92 Å². The number of rotatable bonds is 6. The Morgan fingerprint density at radius 1 is 1.29 bits per heavy atom. The zero-order valence-corrected chi connectivity index (χ0v) is 11.9. The predicted molar refractivity (Wildman–Crippen MR) is 73.4 cm³/mol. The maximum absolute atomic E-state index is 13.0. The summed E-state index contributed by atoms with van der Waals surface area (Å²) in [5.41, 5.74) is 0.881. The molecule has 0 aliphatic heterocycles. The molecule has 21 heavy (non-hydrogen) atoms. The van der Waals surface area contributed by atoms with Crippen LogP contribution in [0, 0.1) is 11.6 Å². The summed E-state index contributed by atoms with van der Waals surface area (Å²) >= 11 is 0. The zero-order chi connectivity index (χ0) is 16.0. The first-order valence-corrected chi connectivity index (χ1v) is 6.28. The number of methoxy groups -OCH3 is 1. The topological polar surface area (TPSA) is 55.4 Å². The SMILES string of the molecule is C=C(C)C[C@@H](NC(=O)Cc1cc(F)cc(F)c1)C(=O)OC. The molecular weight excluding hydrogens is 280 g/mol. The summed E-state index contributed by atoms with van der Waals surface area (Å²) < 4.78 is 30.7. The smallest absolute Gasteiger partial charge is 0.328 e. The van der Waals surface area contributed by atoms with Gasteiger partial charge in [-0.3, -0.25) is 4.79 Å². The molecule has 0 radical (unpaired) electrons. The number of amides is 1. The molecule has 1 N–H and O–H groups in total. The summed E-state index contributed by atoms with van der Waals surface area (Å²) in [6.07, 6.45) is -0.00566. The molecule has 0 aliphatic carbocycles. The van der Waals surface area contributed by atoms with Crippen molar-refractivity contribution >= 4 is 11.9 Å². The Labute approximate surface area is 121 Å². The van der Waals surface area contributed by atoms with Crippen molar-refractivity contribution < 1.29 is 23.1 Å². The second-order valence-electron chi connectivity index (χ2n) is 4.76. The summed E-state index contributed by atoms with van der Waals surface area (Å²) in [7, 11) is 1.21. The lowest BCUT2D eigenvalue weighted by Crippen LogP contribution is -2.42. The lowest BCUT2D eigenvalue weighted by molar-refractivity contribution is -0.145. The second-order valence-corrected chi connectivity index (χ2v) is 4.76. The number of carbonyl (C=O) groups excluding carboxylic acids is 2. The molecule has 1 amide bonds. The van der Waals surface area contributed by atoms with Gasteiger partial charge in [0.1, 0.15) is 17.7 Å². The molecule has 0 heterocycles. The van der Waals surface area contributed by atoms with E-state index in [0.717, 1.165) is 18.2 Å². The highest BCUT2D eigenvalue weighted by atomic mass is 19.1. The second kappa shape index (κ2) is 7.52. The number of nitrogens with one attached hydrogen (secondary N) is 1. The molecule has 0 unspecified atom stereocenters. The Kier molecular flexibility index (Phi) is 6.02. The average molecular weight is 297 g/mol. The van der Waals surface area contributed by atoms with Gasteiger partial charge in [0.25, 0.3) is 0 Å². The molecule has 0 aliphatic rings. The fraction of sp³-hybridized carbons (Fsp3) is 0.333. The normalized spacial score (nSPS) is 11.6. The van der Waals surface area contributed by atoms with Gasteiger partial charge in [-0.25, -0.2) is 13.6 Å². The highest BCUT2D eigenvalue weighted by molar-refractivity contribution is 5.85. The van der Waals surface area contributed by atoms with Crippen LogP contribution < -0.4 is 5.32 Å². The predicted octanol–water partition coefficient (Wildman–Crippen LogP) is 2.13. The largest absolute Gasteiger partial charge is 0.467 e. The van der Waals surface area contributed by atoms with Gasteiger partial charge in [-0.15, -0.1) is 6.58 Å². The van der Waals surface area contributed by atoms with E-state index in [9.17, 15) is 18.4 Å². The summed E-state index contributed by atoms with van der Waals surface area (Å²) in [4.78, 5) is 23.4. The van der Waals surface area contributed by atoms with Crippen molar-refractivity contribution in [3.8, 4) is 0 Å². The first-order valence-electron chi connectivity index (χ1n) is 6.28. The standard InChI is InChI=1S/C15H17F2NO3/c1-9(2)4-13(15(20)21-3)18-14(19)7-10-5-11(16)8-12(17)6-10/h5-6,8,13H,1,4,7H2,2-3H3,(H,18,19)/t13-/m1/s1. The van der Waals surface area contributed by atoms with Crippen LogP contribution in [0.5, 0.6) is 0 Å². The molecule has 4 nitrogen and oxygen atoms in total. The van der Waals surface area contributed by atoms with Crippen molar-refractivity contribution in [2.45, 2.75) is 25.8 Å². The summed E-state index contributed by atoms with van der Waals surface area (Å²) in [5, 5.41) is 2.47. The fourth-order valence-electron chi connectivity index (χ4n) is 1.83. The van der Waals surface area contributed by atoms with Gasteiger partial charge in [0.05, 0.1) is 13.5 Å².